The molecule has 1 heterocycles. The fraction of sp³-hybridized carbons (Fsp3) is 0.733. The minimum absolute atomic E-state index is 0.212. The molecule has 0 bridgehead atoms. The Morgan fingerprint density at radius 3 is 2.52 bits per heavy atom. The molecule has 0 unspecified atom stereocenters. The highest BCUT2D eigenvalue weighted by Crippen LogP contribution is 1.94. The highest BCUT2D eigenvalue weighted by molar-refractivity contribution is 5.67. The Labute approximate surface area is 146 Å². The predicted octanol–water partition coefficient (Wildman–Crippen LogP) is 0.511. The van der Waals surface area contributed by atoms with Crippen LogP contribution in [0, 0.1) is 0 Å². The van der Waals surface area contributed by atoms with Crippen LogP contribution in [0.15, 0.2) is 6.20 Å². The van der Waals surface area contributed by atoms with E-state index in [1.807, 2.05) is 6.92 Å². The van der Waals surface area contributed by atoms with E-state index in [2.05, 4.69) is 15.6 Å². The van der Waals surface area contributed by atoms with Crippen LogP contribution >= 0.6 is 0 Å². The van der Waals surface area contributed by atoms with Gasteiger partial charge in [0, 0.05) is 13.5 Å². The van der Waals surface area contributed by atoms with Crippen LogP contribution in [0.5, 0.6) is 0 Å². The van der Waals surface area contributed by atoms with E-state index in [-0.39, 0.29) is 25.7 Å². The van der Waals surface area contributed by atoms with Gasteiger partial charge in [0.1, 0.15) is 18.9 Å². The first kappa shape index (κ1) is 20.8. The number of amides is 1. The van der Waals surface area contributed by atoms with E-state index in [0.29, 0.717) is 38.7 Å². The Balaban J connectivity index is 2.08. The van der Waals surface area contributed by atoms with Crippen molar-refractivity contribution in [1.29, 1.82) is 0 Å². The van der Waals surface area contributed by atoms with Gasteiger partial charge in [0.2, 0.25) is 0 Å². The number of hydrogen-bond donors (Lipinski definition) is 1. The number of nitrogens with zero attached hydrogens (tertiary/aromatic N) is 3. The number of nitrogens with one attached hydrogen (secondary N) is 1. The average molecular weight is 358 g/mol. The van der Waals surface area contributed by atoms with Crippen LogP contribution in [0.2, 0.25) is 0 Å². The molecule has 0 saturated heterocycles. The van der Waals surface area contributed by atoms with Crippen LogP contribution in [0.4, 0.5) is 4.79 Å². The molecule has 1 amide bonds. The zero-order valence-corrected chi connectivity index (χ0v) is 14.7. The third kappa shape index (κ3) is 11.1. The molecule has 0 saturated carbocycles. The third-order valence-electron chi connectivity index (χ3n) is 2.81. The van der Waals surface area contributed by atoms with Crippen molar-refractivity contribution in [3.63, 3.8) is 0 Å². The molecule has 10 nitrogen and oxygen atoms in total. The van der Waals surface area contributed by atoms with Gasteiger partial charge in [0.05, 0.1) is 39.1 Å². The SMILES string of the molecule is CCCOCCOC(=O)NCc1cn(CCOCCOC(C)=O)nn1. The summed E-state index contributed by atoms with van der Waals surface area (Å²) >= 11 is 0. The minimum atomic E-state index is -0.525. The Morgan fingerprint density at radius 1 is 1.08 bits per heavy atom. The molecule has 0 aliphatic carbocycles. The molecule has 0 aliphatic rings. The van der Waals surface area contributed by atoms with Crippen molar-refractivity contribution in [3.05, 3.63) is 11.9 Å². The van der Waals surface area contributed by atoms with Crippen molar-refractivity contribution in [3.8, 4) is 0 Å². The summed E-state index contributed by atoms with van der Waals surface area (Å²) in [5, 5.41) is 10.5. The van der Waals surface area contributed by atoms with Crippen LogP contribution in [0.1, 0.15) is 26.0 Å². The van der Waals surface area contributed by atoms with Gasteiger partial charge in [-0.2, -0.15) is 0 Å². The number of alkyl carbamates (subject to hydrolysis) is 1. The van der Waals surface area contributed by atoms with Gasteiger partial charge < -0.3 is 24.3 Å². The third-order valence-corrected chi connectivity index (χ3v) is 2.81. The largest absolute Gasteiger partial charge is 0.463 e. The first-order valence-corrected chi connectivity index (χ1v) is 8.20. The van der Waals surface area contributed by atoms with Crippen LogP contribution in [-0.2, 0) is 36.8 Å². The second kappa shape index (κ2) is 13.1. The summed E-state index contributed by atoms with van der Waals surface area (Å²) in [5.41, 5.74) is 0.610. The lowest BCUT2D eigenvalue weighted by atomic mass is 10.5. The summed E-state index contributed by atoms with van der Waals surface area (Å²) in [4.78, 5) is 22.0. The number of carbonyl (C=O) groups excluding carboxylic acids is 2. The topological polar surface area (TPSA) is 114 Å². The van der Waals surface area contributed by atoms with Crippen LogP contribution in [0.25, 0.3) is 0 Å². The highest BCUT2D eigenvalue weighted by Gasteiger charge is 2.05. The maximum absolute atomic E-state index is 11.5. The molecular weight excluding hydrogens is 332 g/mol. The Bertz CT molecular complexity index is 508. The number of carbonyl (C=O) groups is 2. The Morgan fingerprint density at radius 2 is 1.80 bits per heavy atom. The summed E-state index contributed by atoms with van der Waals surface area (Å²) in [6.07, 6.45) is 2.11. The number of aromatic nitrogens is 3. The standard InChI is InChI=1S/C15H26N4O6/c1-3-5-22-8-10-25-15(21)16-11-14-12-19(18-17-14)4-6-23-7-9-24-13(2)20/h12H,3-11H2,1-2H3,(H,16,21). The van der Waals surface area contributed by atoms with Crippen LogP contribution in [-0.4, -0.2) is 66.7 Å². The number of esters is 1. The highest BCUT2D eigenvalue weighted by atomic mass is 16.6. The number of hydrogen-bond acceptors (Lipinski definition) is 8. The average Bonchev–Trinajstić information content (AvgIpc) is 3.03. The molecule has 0 aliphatic heterocycles. The first-order chi connectivity index (χ1) is 12.1. The monoisotopic (exact) mass is 358 g/mol. The maximum atomic E-state index is 11.5. The molecule has 0 aromatic carbocycles. The maximum Gasteiger partial charge on any atom is 0.407 e. The lowest BCUT2D eigenvalue weighted by Gasteiger charge is -2.06. The fourth-order valence-electron chi connectivity index (χ4n) is 1.69. The van der Waals surface area contributed by atoms with Gasteiger partial charge in [0.25, 0.3) is 0 Å². The second-order valence-corrected chi connectivity index (χ2v) is 5.03. The van der Waals surface area contributed by atoms with Crippen LogP contribution < -0.4 is 5.32 Å². The van der Waals surface area contributed by atoms with Gasteiger partial charge in [-0.05, 0) is 6.42 Å². The molecule has 1 aromatic heterocycles. The molecule has 1 aromatic rings. The van der Waals surface area contributed by atoms with Gasteiger partial charge >= 0.3 is 12.1 Å². The molecule has 1 N–H and O–H groups in total. The molecule has 10 heteroatoms. The fourth-order valence-corrected chi connectivity index (χ4v) is 1.69. The van der Waals surface area contributed by atoms with E-state index in [4.69, 9.17) is 18.9 Å². The van der Waals surface area contributed by atoms with Crippen molar-refractivity contribution >= 4 is 12.1 Å². The molecular formula is C15H26N4O6. The van der Waals surface area contributed by atoms with E-state index in [0.717, 1.165) is 6.42 Å². The van der Waals surface area contributed by atoms with E-state index in [1.165, 1.54) is 6.92 Å². The van der Waals surface area contributed by atoms with E-state index < -0.39 is 6.09 Å². The summed E-state index contributed by atoms with van der Waals surface area (Å²) in [6, 6.07) is 0. The van der Waals surface area contributed by atoms with Crippen molar-refractivity contribution in [2.24, 2.45) is 0 Å². The quantitative estimate of drug-likeness (QED) is 0.401. The van der Waals surface area contributed by atoms with Gasteiger partial charge in [-0.25, -0.2) is 9.48 Å². The van der Waals surface area contributed by atoms with Gasteiger partial charge in [-0.15, -0.1) is 5.10 Å². The molecule has 142 valence electrons. The Hall–Kier alpha value is -2.20. The minimum Gasteiger partial charge on any atom is -0.463 e. The van der Waals surface area contributed by atoms with Crippen molar-refractivity contribution in [2.45, 2.75) is 33.4 Å². The van der Waals surface area contributed by atoms with E-state index in [1.54, 1.807) is 10.9 Å². The summed E-state index contributed by atoms with van der Waals surface area (Å²) in [5.74, 6) is -0.330. The smallest absolute Gasteiger partial charge is 0.407 e. The summed E-state index contributed by atoms with van der Waals surface area (Å²) in [7, 11) is 0. The normalized spacial score (nSPS) is 10.5. The van der Waals surface area contributed by atoms with Gasteiger partial charge in [0.15, 0.2) is 0 Å². The van der Waals surface area contributed by atoms with Gasteiger partial charge in [-0.3, -0.25) is 4.79 Å². The molecule has 1 rings (SSSR count). The second-order valence-electron chi connectivity index (χ2n) is 5.03. The van der Waals surface area contributed by atoms with Gasteiger partial charge in [-0.1, -0.05) is 12.1 Å². The van der Waals surface area contributed by atoms with Crippen molar-refractivity contribution in [1.82, 2.24) is 20.3 Å². The lowest BCUT2D eigenvalue weighted by molar-refractivity contribution is -0.142. The van der Waals surface area contributed by atoms with E-state index in [9.17, 15) is 9.59 Å². The van der Waals surface area contributed by atoms with Crippen LogP contribution in [0.3, 0.4) is 0 Å². The van der Waals surface area contributed by atoms with Crippen molar-refractivity contribution < 1.29 is 28.5 Å². The molecule has 0 radical (unpaired) electrons. The predicted molar refractivity (Wildman–Crippen MR) is 86.8 cm³/mol. The summed E-state index contributed by atoms with van der Waals surface area (Å²) < 4.78 is 21.8. The Kier molecular flexibility index (Phi) is 10.9. The zero-order chi connectivity index (χ0) is 18.3. The molecule has 0 atom stereocenters. The lowest BCUT2D eigenvalue weighted by Crippen LogP contribution is -2.25. The molecule has 25 heavy (non-hydrogen) atoms. The molecule has 0 fully saturated rings. The molecule has 0 spiro atoms. The number of ether oxygens (including phenoxy) is 4. The van der Waals surface area contributed by atoms with E-state index >= 15 is 0 Å². The zero-order valence-electron chi connectivity index (χ0n) is 14.7. The summed E-state index contributed by atoms with van der Waals surface area (Å²) in [6.45, 7) is 6.31. The van der Waals surface area contributed by atoms with Crippen molar-refractivity contribution in [2.75, 3.05) is 39.6 Å². The number of rotatable bonds is 13. The first-order valence-electron chi connectivity index (χ1n) is 8.20.